The minimum atomic E-state index is -3.02. The molecule has 1 saturated heterocycles. The number of likely N-dealkylation sites (tertiary alicyclic amines) is 1. The first-order chi connectivity index (χ1) is 16.7. The highest BCUT2D eigenvalue weighted by Gasteiger charge is 2.46. The molecule has 2 N–H and O–H groups in total. The number of hydrogen-bond donors (Lipinski definition) is 2. The molecule has 1 aliphatic carbocycles. The summed E-state index contributed by atoms with van der Waals surface area (Å²) in [6.45, 7) is 6.21. The Morgan fingerprint density at radius 3 is 2.63 bits per heavy atom. The minimum Gasteiger partial charge on any atom is -0.476 e. The molecule has 1 aromatic heterocycles. The van der Waals surface area contributed by atoms with Crippen LogP contribution < -0.4 is 15.4 Å². The molecule has 2 heterocycles. The number of allylic oxidation sites excluding steroid dienone is 2. The second-order valence-corrected chi connectivity index (χ2v) is 8.43. The number of rotatable bonds is 10. The van der Waals surface area contributed by atoms with Crippen molar-refractivity contribution >= 4 is 25.9 Å². The molecule has 0 aromatic carbocycles. The number of amides is 1. The fraction of sp³-hybridized carbons (Fsp3) is 0.583. The maximum Gasteiger partial charge on any atom is 0.257 e. The molecule has 3 rings (SSSR count). The molecule has 190 valence electrons. The summed E-state index contributed by atoms with van der Waals surface area (Å²) >= 11 is 0. The molecule has 2 unspecified atom stereocenters. The third kappa shape index (κ3) is 8.41. The number of anilines is 1. The van der Waals surface area contributed by atoms with Gasteiger partial charge >= 0.3 is 0 Å². The van der Waals surface area contributed by atoms with E-state index in [2.05, 4.69) is 20.8 Å². The highest BCUT2D eigenvalue weighted by molar-refractivity contribution is 6.32. The maximum absolute atomic E-state index is 14.8. The van der Waals surface area contributed by atoms with Gasteiger partial charge in [-0.2, -0.15) is 0 Å². The highest BCUT2D eigenvalue weighted by atomic mass is 19.3. The Bertz CT molecular complexity index is 907. The molecule has 0 spiro atoms. The Hall–Kier alpha value is -2.82. The first-order valence-corrected chi connectivity index (χ1v) is 11.9. The summed E-state index contributed by atoms with van der Waals surface area (Å²) in [6, 6.07) is 2.53. The van der Waals surface area contributed by atoms with E-state index >= 15 is 0 Å². The van der Waals surface area contributed by atoms with Gasteiger partial charge in [0.1, 0.15) is 14.1 Å². The lowest BCUT2D eigenvalue weighted by atomic mass is 9.83. The van der Waals surface area contributed by atoms with Crippen molar-refractivity contribution in [1.82, 2.24) is 20.4 Å². The summed E-state index contributed by atoms with van der Waals surface area (Å²) in [5.41, 5.74) is 0.0374. The summed E-state index contributed by atoms with van der Waals surface area (Å²) in [7, 11) is 7.13. The van der Waals surface area contributed by atoms with Gasteiger partial charge in [0.05, 0.1) is 18.6 Å². The highest BCUT2D eigenvalue weighted by Crippen LogP contribution is 2.39. The number of aromatic nitrogens is 2. The number of ether oxygens (including phenoxy) is 1. The van der Waals surface area contributed by atoms with Crippen molar-refractivity contribution in [3.05, 3.63) is 35.5 Å². The zero-order valence-corrected chi connectivity index (χ0v) is 20.8. The molecule has 35 heavy (non-hydrogen) atoms. The summed E-state index contributed by atoms with van der Waals surface area (Å²) in [4.78, 5) is 25.3. The summed E-state index contributed by atoms with van der Waals surface area (Å²) < 4.78 is 35.0. The fourth-order valence-corrected chi connectivity index (χ4v) is 3.61. The molecular formula is C24H34BF2N5O3. The maximum atomic E-state index is 14.8. The lowest BCUT2D eigenvalue weighted by molar-refractivity contribution is -0.128. The van der Waals surface area contributed by atoms with Crippen LogP contribution >= 0.6 is 0 Å². The molecule has 1 saturated carbocycles. The monoisotopic (exact) mass is 489 g/mol. The molecule has 11 heteroatoms. The van der Waals surface area contributed by atoms with Crippen molar-refractivity contribution in [3.8, 4) is 5.88 Å². The Balaban J connectivity index is 0.00000210. The molecule has 1 aromatic rings. The van der Waals surface area contributed by atoms with E-state index < -0.39 is 24.3 Å². The van der Waals surface area contributed by atoms with Gasteiger partial charge in [0.15, 0.2) is 5.82 Å². The lowest BCUT2D eigenvalue weighted by Gasteiger charge is -2.41. The molecule has 8 nitrogen and oxygen atoms in total. The van der Waals surface area contributed by atoms with Crippen molar-refractivity contribution < 1.29 is 23.1 Å². The minimum absolute atomic E-state index is 0.0391. The third-order valence-corrected chi connectivity index (χ3v) is 5.82. The predicted octanol–water partition coefficient (Wildman–Crippen LogP) is 2.93. The number of carbonyl (C=O) groups is 2. The van der Waals surface area contributed by atoms with E-state index in [0.717, 1.165) is 12.8 Å². The van der Waals surface area contributed by atoms with Gasteiger partial charge in [-0.3, -0.25) is 14.5 Å². The number of hydrogen-bond acceptors (Lipinski definition) is 7. The molecule has 1 amide bonds. The van der Waals surface area contributed by atoms with Crippen molar-refractivity contribution in [3.63, 3.8) is 0 Å². The van der Waals surface area contributed by atoms with E-state index in [9.17, 15) is 18.4 Å². The largest absolute Gasteiger partial charge is 0.476 e. The predicted molar refractivity (Wildman–Crippen MR) is 131 cm³/mol. The van der Waals surface area contributed by atoms with E-state index in [4.69, 9.17) is 12.6 Å². The number of nitrogens with zero attached hydrogens (tertiary/aromatic N) is 3. The average Bonchev–Trinajstić information content (AvgIpc) is 3.68. The number of nitrogens with one attached hydrogen (secondary N) is 2. The van der Waals surface area contributed by atoms with Crippen LogP contribution in [0.4, 0.5) is 14.6 Å². The number of alkyl halides is 2. The Morgan fingerprint density at radius 1 is 1.34 bits per heavy atom. The Morgan fingerprint density at radius 2 is 2.06 bits per heavy atom. The van der Waals surface area contributed by atoms with E-state index in [1.807, 2.05) is 13.8 Å². The van der Waals surface area contributed by atoms with Gasteiger partial charge in [0.2, 0.25) is 11.8 Å². The third-order valence-electron chi connectivity index (χ3n) is 5.82. The van der Waals surface area contributed by atoms with Crippen molar-refractivity contribution in [2.75, 3.05) is 32.1 Å². The van der Waals surface area contributed by atoms with E-state index in [-0.39, 0.29) is 35.9 Å². The van der Waals surface area contributed by atoms with Crippen LogP contribution in [0.3, 0.4) is 0 Å². The summed E-state index contributed by atoms with van der Waals surface area (Å²) in [5, 5.41) is 13.3. The molecule has 1 aliphatic heterocycles. The molecular weight excluding hydrogens is 455 g/mol. The molecule has 0 bridgehead atoms. The van der Waals surface area contributed by atoms with Crippen LogP contribution in [0.1, 0.15) is 40.0 Å². The normalized spacial score (nSPS) is 21.3. The summed E-state index contributed by atoms with van der Waals surface area (Å²) in [6.07, 6.45) is 4.93. The van der Waals surface area contributed by atoms with Crippen molar-refractivity contribution in [1.29, 1.82) is 0 Å². The standard InChI is InChI=1S/C22H28BF2N5O3.C2H6/c1-14(21(32)27-19-5-6-20(29-28-19)33-13-15-3-4-15)30-8-7-22(24,25)18(11-30)16(10-26-2)9-17(23)12-31;1-2/h5-6,9-10,12,14-15,18,26H,3-4,7-8,11,13H2,1-2H3,(H,27,28,32);1-2H3/b16-10+,17-9+;. The van der Waals surface area contributed by atoms with Crippen LogP contribution in [-0.4, -0.2) is 73.8 Å². The van der Waals surface area contributed by atoms with Gasteiger partial charge < -0.3 is 15.4 Å². The SMILES string of the molecule is CC.[B]/C(C=O)=C/C(=C\NC)C1CN(C(C)C(=O)Nc2ccc(OCC3CC3)nn2)CCC1(F)F. The number of carbonyl (C=O) groups excluding carboxylic acids is 2. The van der Waals surface area contributed by atoms with Gasteiger partial charge in [-0.05, 0) is 43.5 Å². The average molecular weight is 489 g/mol. The van der Waals surface area contributed by atoms with Crippen LogP contribution in [0.5, 0.6) is 5.88 Å². The molecule has 2 atom stereocenters. The number of piperidine rings is 1. The first kappa shape index (κ1) is 28.4. The quantitative estimate of drug-likeness (QED) is 0.226. The van der Waals surface area contributed by atoms with Gasteiger partial charge in [-0.25, -0.2) is 8.78 Å². The molecule has 2 aliphatic rings. The molecule has 2 fully saturated rings. The lowest BCUT2D eigenvalue weighted by Crippen LogP contribution is -2.53. The summed E-state index contributed by atoms with van der Waals surface area (Å²) in [5.74, 6) is -3.42. The second-order valence-electron chi connectivity index (χ2n) is 8.43. The Kier molecular flexibility index (Phi) is 10.8. The van der Waals surface area contributed by atoms with Gasteiger partial charge in [-0.15, -0.1) is 10.2 Å². The van der Waals surface area contributed by atoms with Crippen molar-refractivity contribution in [2.24, 2.45) is 11.8 Å². The number of aldehydes is 1. The smallest absolute Gasteiger partial charge is 0.257 e. The first-order valence-electron chi connectivity index (χ1n) is 11.9. The topological polar surface area (TPSA) is 96.5 Å². The number of halogens is 2. The molecule has 2 radical (unpaired) electrons. The van der Waals surface area contributed by atoms with Crippen molar-refractivity contribution in [2.45, 2.75) is 52.0 Å². The zero-order valence-electron chi connectivity index (χ0n) is 20.8. The van der Waals surface area contributed by atoms with Gasteiger partial charge in [0, 0.05) is 32.6 Å². The van der Waals surface area contributed by atoms with Crippen LogP contribution in [0.15, 0.2) is 35.5 Å². The van der Waals surface area contributed by atoms with Gasteiger partial charge in [-0.1, -0.05) is 25.4 Å². The Labute approximate surface area is 207 Å². The van der Waals surface area contributed by atoms with E-state index in [1.165, 1.54) is 12.3 Å². The second kappa shape index (κ2) is 13.3. The zero-order chi connectivity index (χ0) is 26.0. The van der Waals surface area contributed by atoms with E-state index in [1.54, 1.807) is 31.0 Å². The van der Waals surface area contributed by atoms with Crippen LogP contribution in [-0.2, 0) is 9.59 Å². The van der Waals surface area contributed by atoms with Crippen LogP contribution in [0.25, 0.3) is 0 Å². The van der Waals surface area contributed by atoms with Crippen LogP contribution in [0, 0.1) is 11.8 Å². The van der Waals surface area contributed by atoms with Crippen LogP contribution in [0.2, 0.25) is 0 Å². The van der Waals surface area contributed by atoms with E-state index in [0.29, 0.717) is 24.7 Å². The fourth-order valence-electron chi connectivity index (χ4n) is 3.61. The van der Waals surface area contributed by atoms with Gasteiger partial charge in [0.25, 0.3) is 5.92 Å².